The SMILES string of the molecule is Cc1cc(F)c(-n2nc(C)c(SC(F)(F)F)c2N)cc1SCC(F)(F)F. The number of alkyl halides is 6. The van der Waals surface area contributed by atoms with E-state index in [1.807, 2.05) is 0 Å². The van der Waals surface area contributed by atoms with Crippen LogP contribution in [0.15, 0.2) is 21.9 Å². The predicted octanol–water partition coefficient (Wildman–Crippen LogP) is 5.48. The number of hydrogen-bond donors (Lipinski definition) is 1. The van der Waals surface area contributed by atoms with Gasteiger partial charge >= 0.3 is 11.7 Å². The number of hydrogen-bond acceptors (Lipinski definition) is 4. The summed E-state index contributed by atoms with van der Waals surface area (Å²) in [4.78, 5) is -0.265. The summed E-state index contributed by atoms with van der Waals surface area (Å²) >= 11 is -0.0488. The van der Waals surface area contributed by atoms with E-state index in [9.17, 15) is 30.7 Å². The highest BCUT2D eigenvalue weighted by Crippen LogP contribution is 2.42. The zero-order chi connectivity index (χ0) is 19.9. The Morgan fingerprint density at radius 1 is 1.12 bits per heavy atom. The van der Waals surface area contributed by atoms with Crippen LogP contribution >= 0.6 is 23.5 Å². The lowest BCUT2D eigenvalue weighted by molar-refractivity contribution is -0.105. The summed E-state index contributed by atoms with van der Waals surface area (Å²) < 4.78 is 90.1. The maximum atomic E-state index is 14.3. The molecule has 0 saturated carbocycles. The van der Waals surface area contributed by atoms with E-state index in [0.29, 0.717) is 11.8 Å². The van der Waals surface area contributed by atoms with Crippen molar-refractivity contribution in [3.63, 3.8) is 0 Å². The summed E-state index contributed by atoms with van der Waals surface area (Å²) in [6.07, 6.45) is -4.43. The zero-order valence-corrected chi connectivity index (χ0v) is 14.9. The molecule has 1 aromatic heterocycles. The molecule has 12 heteroatoms. The van der Waals surface area contributed by atoms with E-state index in [2.05, 4.69) is 5.10 Å². The molecule has 0 aliphatic carbocycles. The Balaban J connectivity index is 2.47. The molecule has 0 unspecified atom stereocenters. The second kappa shape index (κ2) is 7.22. The number of aromatic nitrogens is 2. The molecule has 0 aliphatic rings. The van der Waals surface area contributed by atoms with Crippen LogP contribution in [-0.2, 0) is 0 Å². The van der Waals surface area contributed by atoms with E-state index in [0.717, 1.165) is 16.8 Å². The predicted molar refractivity (Wildman–Crippen MR) is 86.1 cm³/mol. The topological polar surface area (TPSA) is 43.8 Å². The van der Waals surface area contributed by atoms with Gasteiger partial charge in [-0.3, -0.25) is 0 Å². The number of anilines is 1. The molecule has 3 nitrogen and oxygen atoms in total. The summed E-state index contributed by atoms with van der Waals surface area (Å²) in [5.74, 6) is -2.50. The first-order valence-corrected chi connectivity index (χ1v) is 8.69. The molecular weight excluding hydrogens is 407 g/mol. The highest BCUT2D eigenvalue weighted by molar-refractivity contribution is 8.00. The molecule has 0 bridgehead atoms. The van der Waals surface area contributed by atoms with Gasteiger partial charge in [0.1, 0.15) is 17.3 Å². The van der Waals surface area contributed by atoms with Crippen LogP contribution in [0.2, 0.25) is 0 Å². The first kappa shape index (κ1) is 20.7. The van der Waals surface area contributed by atoms with Crippen LogP contribution in [0, 0.1) is 19.7 Å². The third-order valence-electron chi connectivity index (χ3n) is 3.12. The fourth-order valence-corrected chi connectivity index (χ4v) is 3.49. The standard InChI is InChI=1S/C14H12F7N3S2/c1-6-3-8(15)9(4-10(6)25-5-13(16,17)18)24-12(22)11(7(2)23-24)26-14(19,20)21/h3-4H,5,22H2,1-2H3. The normalized spacial score (nSPS) is 12.7. The number of thioether (sulfide) groups is 2. The number of nitrogens with two attached hydrogens (primary N) is 1. The minimum atomic E-state index is -4.62. The van der Waals surface area contributed by atoms with Gasteiger partial charge in [0.05, 0.1) is 16.3 Å². The minimum Gasteiger partial charge on any atom is -0.383 e. The molecule has 0 amide bonds. The maximum absolute atomic E-state index is 14.3. The molecule has 2 N–H and O–H groups in total. The molecule has 0 fully saturated rings. The molecule has 1 aromatic carbocycles. The van der Waals surface area contributed by atoms with Gasteiger partial charge in [0, 0.05) is 4.90 Å². The van der Waals surface area contributed by atoms with Crippen LogP contribution in [0.5, 0.6) is 0 Å². The molecular formula is C14H12F7N3S2. The summed E-state index contributed by atoms with van der Waals surface area (Å²) in [5, 5.41) is 3.80. The van der Waals surface area contributed by atoms with Crippen molar-refractivity contribution in [1.29, 1.82) is 0 Å². The van der Waals surface area contributed by atoms with E-state index in [4.69, 9.17) is 5.73 Å². The van der Waals surface area contributed by atoms with Gasteiger partial charge in [0.2, 0.25) is 0 Å². The fourth-order valence-electron chi connectivity index (χ4n) is 2.08. The van der Waals surface area contributed by atoms with Gasteiger partial charge in [-0.05, 0) is 43.3 Å². The average molecular weight is 419 g/mol. The van der Waals surface area contributed by atoms with Crippen molar-refractivity contribution in [2.24, 2.45) is 0 Å². The van der Waals surface area contributed by atoms with Crippen LogP contribution in [0.25, 0.3) is 5.69 Å². The number of nitrogen functional groups attached to an aromatic ring is 1. The van der Waals surface area contributed by atoms with Crippen molar-refractivity contribution in [1.82, 2.24) is 9.78 Å². The van der Waals surface area contributed by atoms with E-state index < -0.39 is 40.8 Å². The molecule has 2 rings (SSSR count). The van der Waals surface area contributed by atoms with Crippen molar-refractivity contribution in [3.05, 3.63) is 29.2 Å². The molecule has 0 aliphatic heterocycles. The molecule has 0 spiro atoms. The van der Waals surface area contributed by atoms with Crippen molar-refractivity contribution in [3.8, 4) is 5.69 Å². The Morgan fingerprint density at radius 2 is 1.73 bits per heavy atom. The molecule has 1 heterocycles. The lowest BCUT2D eigenvalue weighted by Gasteiger charge is -2.12. The molecule has 0 saturated heterocycles. The summed E-state index contributed by atoms with van der Waals surface area (Å²) in [7, 11) is 0. The molecule has 2 aromatic rings. The number of benzene rings is 1. The van der Waals surface area contributed by atoms with E-state index in [1.165, 1.54) is 13.8 Å². The fraction of sp³-hybridized carbons (Fsp3) is 0.357. The van der Waals surface area contributed by atoms with Crippen LogP contribution in [-0.4, -0.2) is 27.2 Å². The van der Waals surface area contributed by atoms with Crippen molar-refractivity contribution >= 4 is 29.3 Å². The van der Waals surface area contributed by atoms with E-state index in [-0.39, 0.29) is 26.7 Å². The molecule has 0 radical (unpaired) electrons. The van der Waals surface area contributed by atoms with Crippen molar-refractivity contribution in [2.75, 3.05) is 11.5 Å². The first-order valence-electron chi connectivity index (χ1n) is 6.89. The van der Waals surface area contributed by atoms with E-state index in [1.54, 1.807) is 0 Å². The number of aryl methyl sites for hydroxylation is 2. The summed E-state index contributed by atoms with van der Waals surface area (Å²) in [5.41, 5.74) is 0.909. The van der Waals surface area contributed by atoms with Gasteiger partial charge < -0.3 is 5.73 Å². The lowest BCUT2D eigenvalue weighted by atomic mass is 10.2. The van der Waals surface area contributed by atoms with Crippen molar-refractivity contribution < 1.29 is 30.7 Å². The Morgan fingerprint density at radius 3 is 2.27 bits per heavy atom. The first-order chi connectivity index (χ1) is 11.8. The number of rotatable bonds is 4. The lowest BCUT2D eigenvalue weighted by Crippen LogP contribution is -2.11. The Kier molecular flexibility index (Phi) is 5.76. The third-order valence-corrected chi connectivity index (χ3v) is 5.28. The van der Waals surface area contributed by atoms with Gasteiger partial charge in [0.25, 0.3) is 0 Å². The monoisotopic (exact) mass is 419 g/mol. The quantitative estimate of drug-likeness (QED) is 0.527. The number of nitrogens with zero attached hydrogens (tertiary/aromatic N) is 2. The Labute approximate surface area is 152 Å². The van der Waals surface area contributed by atoms with Gasteiger partial charge in [-0.15, -0.1) is 11.8 Å². The largest absolute Gasteiger partial charge is 0.446 e. The van der Waals surface area contributed by atoms with Gasteiger partial charge in [-0.2, -0.15) is 31.4 Å². The number of halogens is 7. The Hall–Kier alpha value is -1.56. The second-order valence-corrected chi connectivity index (χ2v) is 7.32. The smallest absolute Gasteiger partial charge is 0.383 e. The van der Waals surface area contributed by atoms with Gasteiger partial charge in [-0.1, -0.05) is 0 Å². The van der Waals surface area contributed by atoms with Crippen molar-refractivity contribution in [2.45, 2.75) is 35.3 Å². The van der Waals surface area contributed by atoms with Gasteiger partial charge in [-0.25, -0.2) is 9.07 Å². The minimum absolute atomic E-state index is 0.0747. The van der Waals surface area contributed by atoms with Crippen LogP contribution in [0.4, 0.5) is 36.6 Å². The van der Waals surface area contributed by atoms with Crippen LogP contribution in [0.3, 0.4) is 0 Å². The molecule has 144 valence electrons. The third kappa shape index (κ3) is 5.00. The van der Waals surface area contributed by atoms with Crippen LogP contribution < -0.4 is 5.73 Å². The Bertz CT molecular complexity index is 812. The zero-order valence-electron chi connectivity index (χ0n) is 13.3. The summed E-state index contributed by atoms with van der Waals surface area (Å²) in [6, 6.07) is 2.08. The van der Waals surface area contributed by atoms with Crippen LogP contribution in [0.1, 0.15) is 11.3 Å². The van der Waals surface area contributed by atoms with Gasteiger partial charge in [0.15, 0.2) is 0 Å². The average Bonchev–Trinajstić information content (AvgIpc) is 2.72. The highest BCUT2D eigenvalue weighted by atomic mass is 32.2. The second-order valence-electron chi connectivity index (χ2n) is 5.23. The van der Waals surface area contributed by atoms with E-state index >= 15 is 0 Å². The highest BCUT2D eigenvalue weighted by Gasteiger charge is 2.33. The maximum Gasteiger partial charge on any atom is 0.446 e. The molecule has 26 heavy (non-hydrogen) atoms. The molecule has 0 atom stereocenters. The summed E-state index contributed by atoms with van der Waals surface area (Å²) in [6.45, 7) is 2.69.